The van der Waals surface area contributed by atoms with Crippen LogP contribution in [0.3, 0.4) is 0 Å². The van der Waals surface area contributed by atoms with Gasteiger partial charge in [0, 0.05) is 0 Å². The second-order valence-corrected chi connectivity index (χ2v) is 7.74. The predicted molar refractivity (Wildman–Crippen MR) is 118 cm³/mol. The van der Waals surface area contributed by atoms with E-state index >= 15 is 0 Å². The smallest absolute Gasteiger partial charge is 0.326 e. The van der Waals surface area contributed by atoms with Crippen LogP contribution >= 0.6 is 11.8 Å². The maximum absolute atomic E-state index is 11.8. The second kappa shape index (κ2) is 18.9. The van der Waals surface area contributed by atoms with Gasteiger partial charge in [-0.25, -0.2) is 0 Å². The van der Waals surface area contributed by atoms with Crippen LogP contribution in [0.25, 0.3) is 0 Å². The Kier molecular flexibility index (Phi) is 17.5. The Morgan fingerprint density at radius 3 is 1.76 bits per heavy atom. The first-order valence-electron chi connectivity index (χ1n) is 10.3. The van der Waals surface area contributed by atoms with E-state index in [-0.39, 0.29) is 32.8 Å². The highest BCUT2D eigenvalue weighted by Gasteiger charge is 2.22. The largest absolute Gasteiger partial charge is 0.481 e. The van der Waals surface area contributed by atoms with Gasteiger partial charge in [0.05, 0.1) is 26.1 Å². The monoisotopic (exact) mass is 511 g/mol. The van der Waals surface area contributed by atoms with Crippen molar-refractivity contribution in [2.45, 2.75) is 37.4 Å². The lowest BCUT2D eigenvalue weighted by Crippen LogP contribution is -2.42. The lowest BCUT2D eigenvalue weighted by Gasteiger charge is -2.15. The molecule has 0 aliphatic heterocycles. The van der Waals surface area contributed by atoms with E-state index in [0.29, 0.717) is 6.42 Å². The summed E-state index contributed by atoms with van der Waals surface area (Å²) in [6.07, 6.45) is 1.64. The molecule has 0 heterocycles. The fourth-order valence-electron chi connectivity index (χ4n) is 1.96. The number of esters is 4. The van der Waals surface area contributed by atoms with Crippen LogP contribution in [0.2, 0.25) is 0 Å². The molecule has 0 aromatic carbocycles. The third-order valence-electron chi connectivity index (χ3n) is 3.86. The van der Waals surface area contributed by atoms with E-state index < -0.39 is 67.6 Å². The lowest BCUT2D eigenvalue weighted by atomic mass is 10.2. The van der Waals surface area contributed by atoms with Crippen molar-refractivity contribution in [2.24, 2.45) is 17.2 Å². The van der Waals surface area contributed by atoms with Crippen LogP contribution in [0.4, 0.5) is 0 Å². The number of thioether (sulfide) groups is 1. The molecule has 0 aliphatic carbocycles. The van der Waals surface area contributed by atoms with Crippen LogP contribution in [-0.2, 0) is 47.7 Å². The highest BCUT2D eigenvalue weighted by molar-refractivity contribution is 7.98. The lowest BCUT2D eigenvalue weighted by molar-refractivity contribution is -0.155. The van der Waals surface area contributed by atoms with Gasteiger partial charge in [-0.2, -0.15) is 11.8 Å². The summed E-state index contributed by atoms with van der Waals surface area (Å²) in [5.41, 5.74) is 16.7. The molecule has 3 atom stereocenters. The van der Waals surface area contributed by atoms with Gasteiger partial charge in [0.15, 0.2) is 0 Å². The van der Waals surface area contributed by atoms with Crippen LogP contribution in [0.5, 0.6) is 0 Å². The average molecular weight is 512 g/mol. The summed E-state index contributed by atoms with van der Waals surface area (Å²) in [6, 6.07) is -3.30. The van der Waals surface area contributed by atoms with Crippen LogP contribution in [0, 0.1) is 0 Å². The second-order valence-electron chi connectivity index (χ2n) is 6.76. The minimum Gasteiger partial charge on any atom is -0.481 e. The van der Waals surface area contributed by atoms with Crippen LogP contribution in [0.15, 0.2) is 0 Å². The molecule has 7 N–H and O–H groups in total. The Hall–Kier alpha value is -2.46. The number of ether oxygens (including phenoxy) is 5. The third-order valence-corrected chi connectivity index (χ3v) is 4.50. The van der Waals surface area contributed by atoms with E-state index in [2.05, 4.69) is 4.74 Å². The maximum Gasteiger partial charge on any atom is 0.326 e. The van der Waals surface area contributed by atoms with Crippen molar-refractivity contribution in [3.05, 3.63) is 0 Å². The molecule has 0 aliphatic rings. The third kappa shape index (κ3) is 16.2. The fraction of sp³-hybridized carbons (Fsp3) is 0.737. The van der Waals surface area contributed by atoms with Gasteiger partial charge in [-0.1, -0.05) is 0 Å². The first-order chi connectivity index (χ1) is 16.1. The molecule has 0 aromatic rings. The molecule has 0 radical (unpaired) electrons. The summed E-state index contributed by atoms with van der Waals surface area (Å²) in [4.78, 5) is 56.8. The molecule has 0 aromatic heterocycles. The zero-order chi connectivity index (χ0) is 25.9. The maximum atomic E-state index is 11.8. The van der Waals surface area contributed by atoms with Gasteiger partial charge >= 0.3 is 29.8 Å². The SMILES string of the molecule is CSCC[C@H](N)C(=O)OCCOCCOC(=O)[C@@H](N)COC(=O)[C@@H](N)COC(=O)CCC(=O)O. The average Bonchev–Trinajstić information content (AvgIpc) is 2.81. The molecule has 0 spiro atoms. The molecule has 0 bridgehead atoms. The van der Waals surface area contributed by atoms with Crippen molar-refractivity contribution in [1.82, 2.24) is 0 Å². The van der Waals surface area contributed by atoms with Crippen molar-refractivity contribution in [2.75, 3.05) is 51.6 Å². The van der Waals surface area contributed by atoms with E-state index in [9.17, 15) is 24.0 Å². The molecular weight excluding hydrogens is 478 g/mol. The van der Waals surface area contributed by atoms with Gasteiger partial charge in [0.2, 0.25) is 0 Å². The molecule has 14 nitrogen and oxygen atoms in total. The van der Waals surface area contributed by atoms with E-state index in [1.165, 1.54) is 0 Å². The Morgan fingerprint density at radius 2 is 1.24 bits per heavy atom. The number of nitrogens with two attached hydrogens (primary N) is 3. The summed E-state index contributed by atoms with van der Waals surface area (Å²) in [5.74, 6) is -3.59. The fourth-order valence-corrected chi connectivity index (χ4v) is 2.45. The van der Waals surface area contributed by atoms with Crippen LogP contribution < -0.4 is 17.2 Å². The van der Waals surface area contributed by atoms with E-state index in [0.717, 1.165) is 5.75 Å². The predicted octanol–water partition coefficient (Wildman–Crippen LogP) is -2.22. The highest BCUT2D eigenvalue weighted by atomic mass is 32.2. The highest BCUT2D eigenvalue weighted by Crippen LogP contribution is 2.00. The van der Waals surface area contributed by atoms with Crippen molar-refractivity contribution >= 4 is 41.6 Å². The number of carbonyl (C=O) groups excluding carboxylic acids is 4. The first kappa shape index (κ1) is 31.5. The van der Waals surface area contributed by atoms with Crippen molar-refractivity contribution in [1.29, 1.82) is 0 Å². The topological polar surface area (TPSA) is 230 Å². The summed E-state index contributed by atoms with van der Waals surface area (Å²) in [7, 11) is 0. The van der Waals surface area contributed by atoms with Gasteiger partial charge in [-0.15, -0.1) is 0 Å². The van der Waals surface area contributed by atoms with Crippen LogP contribution in [-0.4, -0.2) is 105 Å². The minimum absolute atomic E-state index is 0.00430. The van der Waals surface area contributed by atoms with Crippen LogP contribution in [0.1, 0.15) is 19.3 Å². The summed E-state index contributed by atoms with van der Waals surface area (Å²) in [5, 5.41) is 8.47. The Morgan fingerprint density at radius 1 is 0.735 bits per heavy atom. The molecule has 0 fully saturated rings. The molecule has 0 unspecified atom stereocenters. The molecular formula is C19H33N3O11S. The molecule has 196 valence electrons. The standard InChI is InChI=1S/C19H33N3O11S/c1-34-9-4-12(20)17(26)30-7-5-29-6-8-31-18(27)14(22)11-33-19(28)13(21)10-32-16(25)3-2-15(23)24/h12-14H,2-11,20-22H2,1H3,(H,23,24)/t12-,13-,14-/m0/s1. The van der Waals surface area contributed by atoms with Crippen molar-refractivity contribution in [3.63, 3.8) is 0 Å². The van der Waals surface area contributed by atoms with E-state index in [4.69, 9.17) is 41.3 Å². The number of hydrogen-bond donors (Lipinski definition) is 4. The molecule has 15 heteroatoms. The number of hydrogen-bond acceptors (Lipinski definition) is 14. The Balaban J connectivity index is 3.88. The van der Waals surface area contributed by atoms with Gasteiger partial charge in [-0.05, 0) is 18.4 Å². The zero-order valence-corrected chi connectivity index (χ0v) is 19.8. The van der Waals surface area contributed by atoms with Gasteiger partial charge in [0.25, 0.3) is 0 Å². The van der Waals surface area contributed by atoms with Gasteiger partial charge in [0.1, 0.15) is 44.6 Å². The van der Waals surface area contributed by atoms with E-state index in [1.54, 1.807) is 11.8 Å². The molecule has 0 saturated carbocycles. The normalized spacial score (nSPS) is 13.3. The summed E-state index contributed by atoms with van der Waals surface area (Å²) >= 11 is 1.58. The number of carboxylic acid groups (broad SMARTS) is 1. The number of carbonyl (C=O) groups is 5. The molecule has 0 rings (SSSR count). The molecule has 0 saturated heterocycles. The zero-order valence-electron chi connectivity index (χ0n) is 19.0. The molecule has 0 amide bonds. The summed E-state index contributed by atoms with van der Waals surface area (Å²) < 4.78 is 24.4. The summed E-state index contributed by atoms with van der Waals surface area (Å²) in [6.45, 7) is -1.06. The number of rotatable bonds is 19. The Bertz CT molecular complexity index is 665. The number of aliphatic carboxylic acids is 1. The van der Waals surface area contributed by atoms with Crippen molar-refractivity contribution in [3.8, 4) is 0 Å². The first-order valence-corrected chi connectivity index (χ1v) is 11.7. The number of carboxylic acids is 1. The quantitative estimate of drug-likeness (QED) is 0.0817. The Labute approximate surface area is 201 Å². The van der Waals surface area contributed by atoms with E-state index in [1.807, 2.05) is 6.26 Å². The van der Waals surface area contributed by atoms with Gasteiger partial charge < -0.3 is 46.0 Å². The van der Waals surface area contributed by atoms with Crippen molar-refractivity contribution < 1.29 is 52.8 Å². The molecule has 34 heavy (non-hydrogen) atoms. The van der Waals surface area contributed by atoms with Gasteiger partial charge in [-0.3, -0.25) is 24.0 Å². The minimum atomic E-state index is -1.33.